The zero-order valence-electron chi connectivity index (χ0n) is 10.9. The third-order valence-corrected chi connectivity index (χ3v) is 4.25. The third kappa shape index (κ3) is 4.57. The van der Waals surface area contributed by atoms with Gasteiger partial charge in [0.2, 0.25) is 0 Å². The Hall–Kier alpha value is -0.730. The van der Waals surface area contributed by atoms with Gasteiger partial charge in [0.1, 0.15) is 11.5 Å². The maximum Gasteiger partial charge on any atom is 0.130 e. The number of benzene rings is 1. The first kappa shape index (κ1) is 14.3. The van der Waals surface area contributed by atoms with E-state index in [-0.39, 0.29) is 0 Å². The van der Waals surface area contributed by atoms with Crippen molar-refractivity contribution in [3.8, 4) is 0 Å². The zero-order valence-corrected chi connectivity index (χ0v) is 11.7. The largest absolute Gasteiger partial charge is 0.616 e. The van der Waals surface area contributed by atoms with Gasteiger partial charge < -0.3 is 4.55 Å². The normalized spacial score (nSPS) is 12.4. The van der Waals surface area contributed by atoms with Gasteiger partial charge in [0.05, 0.1) is 0 Å². The maximum absolute atomic E-state index is 11.8. The molecule has 0 radical (unpaired) electrons. The van der Waals surface area contributed by atoms with Crippen LogP contribution in [0, 0.1) is 0 Å². The molecule has 0 aliphatic carbocycles. The first-order valence-corrected chi connectivity index (χ1v) is 7.78. The van der Waals surface area contributed by atoms with Crippen LogP contribution in [0.5, 0.6) is 0 Å². The molecule has 94 valence electrons. The third-order valence-electron chi connectivity index (χ3n) is 2.84. The fourth-order valence-corrected chi connectivity index (χ4v) is 3.12. The Morgan fingerprint density at radius 2 is 2.00 bits per heavy atom. The highest BCUT2D eigenvalue weighted by Gasteiger charge is 2.11. The van der Waals surface area contributed by atoms with E-state index in [0.717, 1.165) is 30.6 Å². The van der Waals surface area contributed by atoms with E-state index in [1.54, 1.807) is 0 Å². The van der Waals surface area contributed by atoms with Gasteiger partial charge in [-0.1, -0.05) is 51.1 Å². The van der Waals surface area contributed by atoms with Crippen molar-refractivity contribution in [2.45, 2.75) is 33.1 Å². The lowest BCUT2D eigenvalue weighted by Gasteiger charge is -2.14. The van der Waals surface area contributed by atoms with Crippen LogP contribution in [-0.2, 0) is 17.6 Å². The van der Waals surface area contributed by atoms with Crippen molar-refractivity contribution in [1.82, 2.24) is 0 Å². The number of unbranched alkanes of at least 4 members (excludes halogenated alkanes) is 1. The molecule has 1 aromatic carbocycles. The van der Waals surface area contributed by atoms with Crippen molar-refractivity contribution < 1.29 is 4.55 Å². The smallest absolute Gasteiger partial charge is 0.130 e. The maximum atomic E-state index is 11.8. The quantitative estimate of drug-likeness (QED) is 0.675. The van der Waals surface area contributed by atoms with Crippen molar-refractivity contribution in [2.24, 2.45) is 0 Å². The molecule has 0 saturated heterocycles. The van der Waals surface area contributed by atoms with Crippen molar-refractivity contribution in [1.29, 1.82) is 0 Å². The summed E-state index contributed by atoms with van der Waals surface area (Å²) < 4.78 is 11.8. The van der Waals surface area contributed by atoms with Crippen LogP contribution in [0.15, 0.2) is 30.8 Å². The molecule has 1 rings (SSSR count). The summed E-state index contributed by atoms with van der Waals surface area (Å²) in [4.78, 5) is 0. The van der Waals surface area contributed by atoms with E-state index in [4.69, 9.17) is 0 Å². The fraction of sp³-hybridized carbons (Fsp3) is 0.467. The number of aryl methyl sites for hydroxylation is 1. The molecule has 0 aliphatic heterocycles. The summed E-state index contributed by atoms with van der Waals surface area (Å²) in [5.41, 5.74) is 3.49. The van der Waals surface area contributed by atoms with E-state index in [1.165, 1.54) is 11.1 Å². The van der Waals surface area contributed by atoms with E-state index in [0.29, 0.717) is 5.75 Å². The SMILES string of the molecule is C=C(C[S+]([O-])CCCC)c1ccccc1CC. The Morgan fingerprint density at radius 3 is 2.65 bits per heavy atom. The van der Waals surface area contributed by atoms with Crippen molar-refractivity contribution >= 4 is 16.7 Å². The molecule has 17 heavy (non-hydrogen) atoms. The molecular formula is C15H22OS. The molecule has 1 unspecified atom stereocenters. The van der Waals surface area contributed by atoms with E-state index < -0.39 is 11.2 Å². The van der Waals surface area contributed by atoms with E-state index >= 15 is 0 Å². The minimum atomic E-state index is -0.760. The van der Waals surface area contributed by atoms with Crippen molar-refractivity contribution in [3.63, 3.8) is 0 Å². The van der Waals surface area contributed by atoms with Gasteiger partial charge in [0.15, 0.2) is 0 Å². The molecule has 0 aliphatic rings. The van der Waals surface area contributed by atoms with Gasteiger partial charge in [-0.25, -0.2) is 0 Å². The Labute approximate surface area is 108 Å². The summed E-state index contributed by atoms with van der Waals surface area (Å²) in [6, 6.07) is 8.27. The molecule has 0 N–H and O–H groups in total. The van der Waals surface area contributed by atoms with Crippen LogP contribution < -0.4 is 0 Å². The van der Waals surface area contributed by atoms with E-state index in [2.05, 4.69) is 32.6 Å². The second-order valence-electron chi connectivity index (χ2n) is 4.26. The van der Waals surface area contributed by atoms with Crippen LogP contribution in [0.3, 0.4) is 0 Å². The lowest BCUT2D eigenvalue weighted by molar-refractivity contribution is 0.595. The Balaban J connectivity index is 2.63. The van der Waals surface area contributed by atoms with Crippen molar-refractivity contribution in [2.75, 3.05) is 11.5 Å². The molecule has 2 heteroatoms. The fourth-order valence-electron chi connectivity index (χ4n) is 1.82. The molecule has 1 atom stereocenters. The molecule has 0 spiro atoms. The van der Waals surface area contributed by atoms with Crippen LogP contribution in [0.25, 0.3) is 5.57 Å². The average molecular weight is 250 g/mol. The lowest BCUT2D eigenvalue weighted by Crippen LogP contribution is -2.12. The standard InChI is InChI=1S/C15H22OS/c1-4-6-11-17(16)12-13(3)15-10-8-7-9-14(15)5-2/h7-10H,3-6,11-12H2,1-2H3. The van der Waals surface area contributed by atoms with Crippen LogP contribution in [0.1, 0.15) is 37.8 Å². The number of hydrogen-bond donors (Lipinski definition) is 0. The van der Waals surface area contributed by atoms with Gasteiger partial charge in [0.25, 0.3) is 0 Å². The predicted molar refractivity (Wildman–Crippen MR) is 77.6 cm³/mol. The van der Waals surface area contributed by atoms with E-state index in [1.807, 2.05) is 12.1 Å². The molecule has 0 bridgehead atoms. The first-order chi connectivity index (χ1) is 8.19. The Bertz CT molecular complexity index is 360. The summed E-state index contributed by atoms with van der Waals surface area (Å²) in [5.74, 6) is 1.40. The predicted octanol–water partition coefficient (Wildman–Crippen LogP) is 3.81. The van der Waals surface area contributed by atoms with Crippen LogP contribution >= 0.6 is 0 Å². The monoisotopic (exact) mass is 250 g/mol. The first-order valence-electron chi connectivity index (χ1n) is 6.30. The van der Waals surface area contributed by atoms with Gasteiger partial charge >= 0.3 is 0 Å². The number of hydrogen-bond acceptors (Lipinski definition) is 1. The van der Waals surface area contributed by atoms with Crippen LogP contribution in [0.4, 0.5) is 0 Å². The highest BCUT2D eigenvalue weighted by Crippen LogP contribution is 2.20. The summed E-state index contributed by atoms with van der Waals surface area (Å²) in [7, 11) is 0. The molecular weight excluding hydrogens is 228 g/mol. The minimum Gasteiger partial charge on any atom is -0.616 e. The second-order valence-corrected chi connectivity index (χ2v) is 5.83. The average Bonchev–Trinajstić information content (AvgIpc) is 2.36. The van der Waals surface area contributed by atoms with Crippen molar-refractivity contribution in [3.05, 3.63) is 42.0 Å². The summed E-state index contributed by atoms with van der Waals surface area (Å²) in [6.45, 7) is 8.35. The molecule has 0 heterocycles. The lowest BCUT2D eigenvalue weighted by atomic mass is 10.0. The Kier molecular flexibility index (Phi) is 6.38. The molecule has 0 fully saturated rings. The second kappa shape index (κ2) is 7.57. The molecule has 0 amide bonds. The van der Waals surface area contributed by atoms with Crippen LogP contribution in [0.2, 0.25) is 0 Å². The zero-order chi connectivity index (χ0) is 12.7. The Morgan fingerprint density at radius 1 is 1.29 bits per heavy atom. The highest BCUT2D eigenvalue weighted by atomic mass is 32.2. The van der Waals surface area contributed by atoms with Gasteiger partial charge in [-0.2, -0.15) is 0 Å². The summed E-state index contributed by atoms with van der Waals surface area (Å²) in [5, 5.41) is 0. The van der Waals surface area contributed by atoms with E-state index in [9.17, 15) is 4.55 Å². The van der Waals surface area contributed by atoms with Gasteiger partial charge in [-0.15, -0.1) is 0 Å². The minimum absolute atomic E-state index is 0.608. The molecule has 0 aromatic heterocycles. The summed E-state index contributed by atoms with van der Waals surface area (Å²) >= 11 is -0.760. The van der Waals surface area contributed by atoms with Gasteiger partial charge in [0, 0.05) is 5.57 Å². The molecule has 0 saturated carbocycles. The molecule has 1 nitrogen and oxygen atoms in total. The topological polar surface area (TPSA) is 23.1 Å². The number of rotatable bonds is 7. The highest BCUT2D eigenvalue weighted by molar-refractivity contribution is 7.91. The van der Waals surface area contributed by atoms with Gasteiger partial charge in [-0.05, 0) is 35.1 Å². The van der Waals surface area contributed by atoms with Gasteiger partial charge in [-0.3, -0.25) is 0 Å². The summed E-state index contributed by atoms with van der Waals surface area (Å²) in [6.07, 6.45) is 3.13. The molecule has 1 aromatic rings. The van der Waals surface area contributed by atoms with Crippen LogP contribution in [-0.4, -0.2) is 16.1 Å².